The van der Waals surface area contributed by atoms with E-state index in [1.165, 1.54) is 28.7 Å². The molecule has 2 aromatic rings. The van der Waals surface area contributed by atoms with Crippen molar-refractivity contribution < 1.29 is 14.3 Å². The van der Waals surface area contributed by atoms with Gasteiger partial charge in [0.15, 0.2) is 6.61 Å². The predicted octanol–water partition coefficient (Wildman–Crippen LogP) is 2.83. The molecule has 0 unspecified atom stereocenters. The van der Waals surface area contributed by atoms with Crippen molar-refractivity contribution in [3.8, 4) is 11.5 Å². The normalized spacial score (nSPS) is 18.3. The Bertz CT molecular complexity index is 903. The van der Waals surface area contributed by atoms with Crippen LogP contribution in [0, 0.1) is 0 Å². The predicted molar refractivity (Wildman–Crippen MR) is 111 cm³/mol. The lowest BCUT2D eigenvalue weighted by molar-refractivity contribution is -0.135. The molecule has 5 rings (SSSR count). The van der Waals surface area contributed by atoms with Gasteiger partial charge < -0.3 is 14.4 Å². The van der Waals surface area contributed by atoms with Crippen molar-refractivity contribution in [2.45, 2.75) is 32.2 Å². The smallest absolute Gasteiger partial charge is 0.260 e. The number of carbonyl (C=O) groups excluding carboxylic acids is 1. The molecule has 1 aliphatic carbocycles. The monoisotopic (exact) mass is 392 g/mol. The highest BCUT2D eigenvalue weighted by Crippen LogP contribution is 2.27. The summed E-state index contributed by atoms with van der Waals surface area (Å²) in [6, 6.07) is 12.8. The van der Waals surface area contributed by atoms with Gasteiger partial charge in [-0.2, -0.15) is 0 Å². The van der Waals surface area contributed by atoms with Gasteiger partial charge in [-0.3, -0.25) is 9.69 Å². The van der Waals surface area contributed by atoms with Gasteiger partial charge in [-0.1, -0.05) is 18.2 Å². The summed E-state index contributed by atoms with van der Waals surface area (Å²) in [4.78, 5) is 16.9. The second kappa shape index (κ2) is 8.07. The van der Waals surface area contributed by atoms with Crippen LogP contribution in [-0.2, 0) is 30.6 Å². The SMILES string of the molecule is O=C(COc1ccc2c(c1)CCC2)N1CCN(Cc2ccc3c(c2)CCO3)CC1. The molecule has 152 valence electrons. The number of rotatable bonds is 5. The molecule has 29 heavy (non-hydrogen) atoms. The number of ether oxygens (including phenoxy) is 2. The fourth-order valence-electron chi connectivity index (χ4n) is 4.63. The minimum Gasteiger partial charge on any atom is -0.493 e. The molecular formula is C24H28N2O3. The van der Waals surface area contributed by atoms with E-state index in [-0.39, 0.29) is 12.5 Å². The number of benzene rings is 2. The van der Waals surface area contributed by atoms with Crippen molar-refractivity contribution in [3.05, 3.63) is 58.7 Å². The maximum Gasteiger partial charge on any atom is 0.260 e. The molecule has 0 atom stereocenters. The van der Waals surface area contributed by atoms with E-state index < -0.39 is 0 Å². The highest BCUT2D eigenvalue weighted by atomic mass is 16.5. The van der Waals surface area contributed by atoms with Gasteiger partial charge in [-0.05, 0) is 59.7 Å². The van der Waals surface area contributed by atoms with Crippen LogP contribution < -0.4 is 9.47 Å². The molecule has 5 nitrogen and oxygen atoms in total. The van der Waals surface area contributed by atoms with Crippen LogP contribution in [0.3, 0.4) is 0 Å². The van der Waals surface area contributed by atoms with E-state index in [9.17, 15) is 4.79 Å². The molecule has 1 amide bonds. The number of carbonyl (C=O) groups is 1. The Morgan fingerprint density at radius 2 is 1.79 bits per heavy atom. The van der Waals surface area contributed by atoms with Gasteiger partial charge in [0.25, 0.3) is 5.91 Å². The van der Waals surface area contributed by atoms with E-state index in [2.05, 4.69) is 35.2 Å². The molecule has 0 N–H and O–H groups in total. The molecule has 1 saturated heterocycles. The van der Waals surface area contributed by atoms with E-state index in [0.29, 0.717) is 0 Å². The Hall–Kier alpha value is -2.53. The number of aryl methyl sites for hydroxylation is 2. The Morgan fingerprint density at radius 1 is 0.931 bits per heavy atom. The Balaban J connectivity index is 1.09. The van der Waals surface area contributed by atoms with Crippen LogP contribution in [0.15, 0.2) is 36.4 Å². The van der Waals surface area contributed by atoms with Gasteiger partial charge in [0.05, 0.1) is 6.61 Å². The standard InChI is InChI=1S/C24H28N2O3/c27-24(17-29-22-6-5-19-2-1-3-20(19)15-22)26-11-9-25(10-12-26)16-18-4-7-23-21(14-18)8-13-28-23/h4-7,14-15H,1-3,8-13,16-17H2. The maximum atomic E-state index is 12.6. The summed E-state index contributed by atoms with van der Waals surface area (Å²) in [6.07, 6.45) is 4.52. The molecule has 0 spiro atoms. The van der Waals surface area contributed by atoms with Crippen molar-refractivity contribution >= 4 is 5.91 Å². The quantitative estimate of drug-likeness (QED) is 0.785. The fraction of sp³-hybridized carbons (Fsp3) is 0.458. The number of hydrogen-bond acceptors (Lipinski definition) is 4. The number of fused-ring (bicyclic) bond motifs is 2. The summed E-state index contributed by atoms with van der Waals surface area (Å²) in [5, 5.41) is 0. The molecule has 0 aromatic heterocycles. The van der Waals surface area contributed by atoms with Gasteiger partial charge in [0, 0.05) is 39.1 Å². The van der Waals surface area contributed by atoms with E-state index >= 15 is 0 Å². The summed E-state index contributed by atoms with van der Waals surface area (Å²) in [6.45, 7) is 5.19. The average Bonchev–Trinajstić information content (AvgIpc) is 3.41. The van der Waals surface area contributed by atoms with Gasteiger partial charge in [0.2, 0.25) is 0 Å². The highest BCUT2D eigenvalue weighted by Gasteiger charge is 2.22. The molecule has 2 aromatic carbocycles. The molecule has 0 bridgehead atoms. The number of piperazine rings is 1. The summed E-state index contributed by atoms with van der Waals surface area (Å²) in [7, 11) is 0. The largest absolute Gasteiger partial charge is 0.493 e. The summed E-state index contributed by atoms with van der Waals surface area (Å²) in [5.41, 5.74) is 5.45. The van der Waals surface area contributed by atoms with Crippen LogP contribution in [0.1, 0.15) is 28.7 Å². The van der Waals surface area contributed by atoms with E-state index in [1.54, 1.807) is 0 Å². The van der Waals surface area contributed by atoms with Crippen LogP contribution >= 0.6 is 0 Å². The van der Waals surface area contributed by atoms with Gasteiger partial charge in [-0.15, -0.1) is 0 Å². The topological polar surface area (TPSA) is 42.0 Å². The van der Waals surface area contributed by atoms with Crippen molar-refractivity contribution in [1.29, 1.82) is 0 Å². The van der Waals surface area contributed by atoms with Crippen LogP contribution in [0.2, 0.25) is 0 Å². The zero-order chi connectivity index (χ0) is 19.6. The van der Waals surface area contributed by atoms with E-state index in [1.807, 2.05) is 11.0 Å². The Kier molecular flexibility index (Phi) is 5.15. The number of nitrogens with zero attached hydrogens (tertiary/aromatic N) is 2. The average molecular weight is 392 g/mol. The molecule has 2 heterocycles. The van der Waals surface area contributed by atoms with E-state index in [0.717, 1.165) is 70.1 Å². The van der Waals surface area contributed by atoms with Crippen LogP contribution in [0.4, 0.5) is 0 Å². The third kappa shape index (κ3) is 4.10. The van der Waals surface area contributed by atoms with Crippen molar-refractivity contribution in [2.75, 3.05) is 39.4 Å². The second-order valence-electron chi connectivity index (χ2n) is 8.27. The van der Waals surface area contributed by atoms with E-state index in [4.69, 9.17) is 9.47 Å². The van der Waals surface area contributed by atoms with Crippen LogP contribution in [0.5, 0.6) is 11.5 Å². The third-order valence-electron chi connectivity index (χ3n) is 6.32. The fourth-order valence-corrected chi connectivity index (χ4v) is 4.63. The molecule has 0 saturated carbocycles. The third-order valence-corrected chi connectivity index (χ3v) is 6.32. The highest BCUT2D eigenvalue weighted by molar-refractivity contribution is 5.77. The molecule has 5 heteroatoms. The first kappa shape index (κ1) is 18.5. The first-order valence-corrected chi connectivity index (χ1v) is 10.7. The van der Waals surface area contributed by atoms with Crippen molar-refractivity contribution in [1.82, 2.24) is 9.80 Å². The molecule has 1 fully saturated rings. The molecule has 2 aliphatic heterocycles. The first-order chi connectivity index (χ1) is 14.2. The van der Waals surface area contributed by atoms with Crippen LogP contribution in [-0.4, -0.2) is 55.1 Å². The zero-order valence-corrected chi connectivity index (χ0v) is 16.9. The number of amides is 1. The van der Waals surface area contributed by atoms with Gasteiger partial charge >= 0.3 is 0 Å². The van der Waals surface area contributed by atoms with Crippen molar-refractivity contribution in [3.63, 3.8) is 0 Å². The van der Waals surface area contributed by atoms with Crippen molar-refractivity contribution in [2.24, 2.45) is 0 Å². The zero-order valence-electron chi connectivity index (χ0n) is 16.9. The molecular weight excluding hydrogens is 364 g/mol. The number of hydrogen-bond donors (Lipinski definition) is 0. The lowest BCUT2D eigenvalue weighted by Gasteiger charge is -2.34. The second-order valence-corrected chi connectivity index (χ2v) is 8.27. The lowest BCUT2D eigenvalue weighted by atomic mass is 10.1. The summed E-state index contributed by atoms with van der Waals surface area (Å²) >= 11 is 0. The first-order valence-electron chi connectivity index (χ1n) is 10.7. The summed E-state index contributed by atoms with van der Waals surface area (Å²) < 4.78 is 11.4. The maximum absolute atomic E-state index is 12.6. The lowest BCUT2D eigenvalue weighted by Crippen LogP contribution is -2.49. The van der Waals surface area contributed by atoms with Gasteiger partial charge in [0.1, 0.15) is 11.5 Å². The minimum absolute atomic E-state index is 0.0832. The molecule has 3 aliphatic rings. The minimum atomic E-state index is 0.0832. The van der Waals surface area contributed by atoms with Crippen LogP contribution in [0.25, 0.3) is 0 Å². The van der Waals surface area contributed by atoms with Gasteiger partial charge in [-0.25, -0.2) is 0 Å². The molecule has 0 radical (unpaired) electrons. The summed E-state index contributed by atoms with van der Waals surface area (Å²) in [5.74, 6) is 1.94. The Labute approximate surface area is 172 Å². The Morgan fingerprint density at radius 3 is 2.69 bits per heavy atom.